The van der Waals surface area contributed by atoms with Crippen LogP contribution in [-0.4, -0.2) is 29.5 Å². The van der Waals surface area contributed by atoms with Gasteiger partial charge >= 0.3 is 0 Å². The van der Waals surface area contributed by atoms with Gasteiger partial charge in [-0.05, 0) is 31.9 Å². The van der Waals surface area contributed by atoms with E-state index in [0.29, 0.717) is 16.7 Å². The summed E-state index contributed by atoms with van der Waals surface area (Å²) in [5, 5.41) is 3.24. The second-order valence-electron chi connectivity index (χ2n) is 4.71. The molecule has 15 heavy (non-hydrogen) atoms. The van der Waals surface area contributed by atoms with Crippen molar-refractivity contribution < 1.29 is 0 Å². The second-order valence-corrected chi connectivity index (χ2v) is 5.99. The van der Waals surface area contributed by atoms with Crippen molar-refractivity contribution in [2.24, 2.45) is 10.7 Å². The number of nitrogens with zero attached hydrogens (tertiary/aromatic N) is 1. The predicted octanol–water partition coefficient (Wildman–Crippen LogP) is 1.73. The van der Waals surface area contributed by atoms with Gasteiger partial charge in [0.05, 0.1) is 6.54 Å². The summed E-state index contributed by atoms with van der Waals surface area (Å²) >= 11 is 1.97. The van der Waals surface area contributed by atoms with Crippen LogP contribution in [0.1, 0.15) is 38.5 Å². The normalized spacial score (nSPS) is 25.5. The number of guanidine groups is 1. The van der Waals surface area contributed by atoms with E-state index in [9.17, 15) is 0 Å². The molecule has 0 spiro atoms. The summed E-state index contributed by atoms with van der Waals surface area (Å²) in [5.74, 6) is 0.651. The largest absolute Gasteiger partial charge is 0.370 e. The van der Waals surface area contributed by atoms with Crippen LogP contribution in [-0.2, 0) is 0 Å². The first-order valence-electron chi connectivity index (χ1n) is 5.86. The van der Waals surface area contributed by atoms with Gasteiger partial charge in [-0.25, -0.2) is 0 Å². The Morgan fingerprint density at radius 3 is 2.67 bits per heavy atom. The van der Waals surface area contributed by atoms with Crippen LogP contribution in [0.2, 0.25) is 0 Å². The van der Waals surface area contributed by atoms with Gasteiger partial charge in [-0.3, -0.25) is 4.99 Å². The van der Waals surface area contributed by atoms with E-state index in [-0.39, 0.29) is 0 Å². The first kappa shape index (κ1) is 11.1. The zero-order valence-electron chi connectivity index (χ0n) is 9.46. The summed E-state index contributed by atoms with van der Waals surface area (Å²) in [6.07, 6.45) is 10.0. The van der Waals surface area contributed by atoms with Crippen LogP contribution in [0.25, 0.3) is 0 Å². The van der Waals surface area contributed by atoms with Crippen LogP contribution in [0, 0.1) is 0 Å². The standard InChI is InChI=1S/C11H21N3S/c1-15-11(6-2-3-7-11)8-13-10(12)14-9-4-5-9/h9H,2-8H2,1H3,(H3,12,13,14). The van der Waals surface area contributed by atoms with E-state index >= 15 is 0 Å². The minimum absolute atomic E-state index is 0.385. The summed E-state index contributed by atoms with van der Waals surface area (Å²) < 4.78 is 0.385. The third-order valence-corrected chi connectivity index (χ3v) is 4.82. The summed E-state index contributed by atoms with van der Waals surface area (Å²) in [6, 6.07) is 0.613. The Hall–Kier alpha value is -0.380. The molecule has 0 amide bonds. The number of aliphatic imine (C=N–C) groups is 1. The number of nitrogens with one attached hydrogen (secondary N) is 1. The van der Waals surface area contributed by atoms with E-state index in [1.54, 1.807) is 0 Å². The highest BCUT2D eigenvalue weighted by Gasteiger charge is 2.32. The van der Waals surface area contributed by atoms with E-state index in [4.69, 9.17) is 5.73 Å². The molecular formula is C11H21N3S. The Morgan fingerprint density at radius 2 is 2.13 bits per heavy atom. The minimum Gasteiger partial charge on any atom is -0.370 e. The molecule has 4 heteroatoms. The van der Waals surface area contributed by atoms with Crippen molar-refractivity contribution in [2.75, 3.05) is 12.8 Å². The molecule has 2 aliphatic rings. The van der Waals surface area contributed by atoms with Gasteiger partial charge in [0.2, 0.25) is 0 Å². The van der Waals surface area contributed by atoms with Crippen LogP contribution in [0.5, 0.6) is 0 Å². The molecule has 0 atom stereocenters. The minimum atomic E-state index is 0.385. The molecule has 2 rings (SSSR count). The number of rotatable bonds is 4. The number of hydrogen-bond donors (Lipinski definition) is 2. The Labute approximate surface area is 96.3 Å². The lowest BCUT2D eigenvalue weighted by Gasteiger charge is -2.24. The summed E-state index contributed by atoms with van der Waals surface area (Å²) in [7, 11) is 0. The topological polar surface area (TPSA) is 50.4 Å². The van der Waals surface area contributed by atoms with Crippen molar-refractivity contribution in [2.45, 2.75) is 49.3 Å². The van der Waals surface area contributed by atoms with Crippen LogP contribution in [0.3, 0.4) is 0 Å². The van der Waals surface area contributed by atoms with Gasteiger partial charge in [0, 0.05) is 10.8 Å². The Kier molecular flexibility index (Phi) is 3.44. The van der Waals surface area contributed by atoms with Crippen LogP contribution in [0.4, 0.5) is 0 Å². The van der Waals surface area contributed by atoms with Gasteiger partial charge < -0.3 is 11.1 Å². The summed E-state index contributed by atoms with van der Waals surface area (Å²) in [6.45, 7) is 0.889. The predicted molar refractivity (Wildman–Crippen MR) is 67.4 cm³/mol. The maximum Gasteiger partial charge on any atom is 0.188 e. The SMILES string of the molecule is CSC1(CN=C(N)NC2CC2)CCCC1. The zero-order chi connectivity index (χ0) is 10.7. The third kappa shape index (κ3) is 3.03. The summed E-state index contributed by atoms with van der Waals surface area (Å²) in [4.78, 5) is 4.49. The van der Waals surface area contributed by atoms with E-state index in [2.05, 4.69) is 16.6 Å². The number of hydrogen-bond acceptors (Lipinski definition) is 2. The van der Waals surface area contributed by atoms with Crippen molar-refractivity contribution in [3.05, 3.63) is 0 Å². The molecule has 2 aliphatic carbocycles. The molecule has 2 fully saturated rings. The van der Waals surface area contributed by atoms with Gasteiger partial charge in [-0.2, -0.15) is 11.8 Å². The van der Waals surface area contributed by atoms with Crippen LogP contribution < -0.4 is 11.1 Å². The monoisotopic (exact) mass is 227 g/mol. The molecule has 0 heterocycles. The molecule has 0 aromatic rings. The molecule has 0 bridgehead atoms. The fraction of sp³-hybridized carbons (Fsp3) is 0.909. The molecule has 0 aliphatic heterocycles. The second kappa shape index (κ2) is 4.64. The van der Waals surface area contributed by atoms with Crippen molar-refractivity contribution in [1.82, 2.24) is 5.32 Å². The van der Waals surface area contributed by atoms with E-state index in [0.717, 1.165) is 6.54 Å². The number of nitrogens with two attached hydrogens (primary N) is 1. The lowest BCUT2D eigenvalue weighted by molar-refractivity contribution is 0.619. The molecule has 86 valence electrons. The van der Waals surface area contributed by atoms with Gasteiger partial charge in [-0.15, -0.1) is 0 Å². The van der Waals surface area contributed by atoms with E-state index in [1.807, 2.05) is 11.8 Å². The maximum atomic E-state index is 5.84. The van der Waals surface area contributed by atoms with E-state index in [1.165, 1.54) is 38.5 Å². The fourth-order valence-electron chi connectivity index (χ4n) is 2.16. The molecule has 3 N–H and O–H groups in total. The van der Waals surface area contributed by atoms with E-state index < -0.39 is 0 Å². The average molecular weight is 227 g/mol. The first-order chi connectivity index (χ1) is 7.24. The van der Waals surface area contributed by atoms with Crippen LogP contribution in [0.15, 0.2) is 4.99 Å². The highest BCUT2D eigenvalue weighted by molar-refractivity contribution is 8.00. The molecule has 2 saturated carbocycles. The molecule has 0 unspecified atom stereocenters. The Bertz CT molecular complexity index is 242. The lowest BCUT2D eigenvalue weighted by atomic mass is 10.1. The van der Waals surface area contributed by atoms with Crippen molar-refractivity contribution in [1.29, 1.82) is 0 Å². The van der Waals surface area contributed by atoms with Gasteiger partial charge in [0.1, 0.15) is 0 Å². The average Bonchev–Trinajstić information content (AvgIpc) is 2.93. The third-order valence-electron chi connectivity index (χ3n) is 3.41. The van der Waals surface area contributed by atoms with Gasteiger partial charge in [0.15, 0.2) is 5.96 Å². The first-order valence-corrected chi connectivity index (χ1v) is 7.08. The molecule has 0 aromatic heterocycles. The molecular weight excluding hydrogens is 206 g/mol. The highest BCUT2D eigenvalue weighted by atomic mass is 32.2. The number of thioether (sulfide) groups is 1. The van der Waals surface area contributed by atoms with Crippen molar-refractivity contribution in [3.8, 4) is 0 Å². The van der Waals surface area contributed by atoms with Gasteiger partial charge in [-0.1, -0.05) is 12.8 Å². The molecule has 0 radical (unpaired) electrons. The van der Waals surface area contributed by atoms with Crippen molar-refractivity contribution >= 4 is 17.7 Å². The lowest BCUT2D eigenvalue weighted by Crippen LogP contribution is -2.35. The Balaban J connectivity index is 1.83. The van der Waals surface area contributed by atoms with Crippen LogP contribution >= 0.6 is 11.8 Å². The quantitative estimate of drug-likeness (QED) is 0.568. The zero-order valence-corrected chi connectivity index (χ0v) is 10.3. The maximum absolute atomic E-state index is 5.84. The smallest absolute Gasteiger partial charge is 0.188 e. The molecule has 3 nitrogen and oxygen atoms in total. The fourth-order valence-corrected chi connectivity index (χ4v) is 3.05. The highest BCUT2D eigenvalue weighted by Crippen LogP contribution is 2.40. The van der Waals surface area contributed by atoms with Gasteiger partial charge in [0.25, 0.3) is 0 Å². The van der Waals surface area contributed by atoms with Crippen molar-refractivity contribution in [3.63, 3.8) is 0 Å². The molecule has 0 aromatic carbocycles. The Morgan fingerprint density at radius 1 is 1.47 bits per heavy atom. The molecule has 0 saturated heterocycles. The summed E-state index contributed by atoms with van der Waals surface area (Å²) in [5.41, 5.74) is 5.84.